The molecule has 3 N–H and O–H groups in total. The van der Waals surface area contributed by atoms with Crippen molar-refractivity contribution in [2.24, 2.45) is 11.8 Å². The lowest BCUT2D eigenvalue weighted by atomic mass is 9.91. The van der Waals surface area contributed by atoms with Gasteiger partial charge in [-0.15, -0.1) is 4.00 Å². The highest BCUT2D eigenvalue weighted by Crippen LogP contribution is 2.32. The van der Waals surface area contributed by atoms with Crippen molar-refractivity contribution in [2.75, 3.05) is 13.1 Å². The van der Waals surface area contributed by atoms with E-state index in [1.807, 2.05) is 18.2 Å². The topological polar surface area (TPSA) is 93.0 Å². The summed E-state index contributed by atoms with van der Waals surface area (Å²) in [6.45, 7) is 0.721. The van der Waals surface area contributed by atoms with Crippen LogP contribution in [0.1, 0.15) is 18.4 Å². The molecule has 28 heavy (non-hydrogen) atoms. The van der Waals surface area contributed by atoms with Crippen LogP contribution in [-0.2, 0) is 16.4 Å². The predicted octanol–water partition coefficient (Wildman–Crippen LogP) is 2.56. The minimum atomic E-state index is -3.84. The second kappa shape index (κ2) is 7.16. The number of nitrogens with zero attached hydrogens (tertiary/aromatic N) is 1. The molecule has 1 aliphatic heterocycles. The van der Waals surface area contributed by atoms with Gasteiger partial charge in [-0.25, -0.2) is 0 Å². The van der Waals surface area contributed by atoms with E-state index in [-0.39, 0.29) is 10.5 Å². The normalized spacial score (nSPS) is 23.0. The van der Waals surface area contributed by atoms with E-state index >= 15 is 0 Å². The molecular formula is C21H24N3O3S+. The van der Waals surface area contributed by atoms with Gasteiger partial charge in [-0.2, -0.15) is 14.3 Å². The van der Waals surface area contributed by atoms with Crippen molar-refractivity contribution < 1.29 is 12.4 Å². The number of hydrogen-bond acceptors (Lipinski definition) is 4. The van der Waals surface area contributed by atoms with Crippen LogP contribution in [0.25, 0.3) is 10.8 Å². The second-order valence-corrected chi connectivity index (χ2v) is 9.65. The van der Waals surface area contributed by atoms with Crippen LogP contribution in [-0.4, -0.2) is 30.5 Å². The number of hydrogen-bond donors (Lipinski definition) is 2. The number of aromatic amines is 1. The van der Waals surface area contributed by atoms with E-state index in [1.165, 1.54) is 11.8 Å². The highest BCUT2D eigenvalue weighted by Gasteiger charge is 2.44. The number of piperidine rings is 1. The summed E-state index contributed by atoms with van der Waals surface area (Å²) in [5.74, 6) is 6.84. The van der Waals surface area contributed by atoms with Crippen LogP contribution in [0.3, 0.4) is 0 Å². The molecule has 0 atom stereocenters. The SMILES string of the molecule is N[N+]1(S(=O)(=O)c2cccc3c(=O)[nH]ccc23)CCC(Cc2ccccc2)CC1. The molecule has 0 unspecified atom stereocenters. The summed E-state index contributed by atoms with van der Waals surface area (Å²) in [4.78, 5) is 14.8. The number of quaternary nitrogens is 1. The fourth-order valence-electron chi connectivity index (χ4n) is 4.06. The van der Waals surface area contributed by atoms with Crippen LogP contribution in [0.15, 0.2) is 70.5 Å². The maximum atomic E-state index is 13.4. The van der Waals surface area contributed by atoms with Gasteiger partial charge in [0.15, 0.2) is 0 Å². The average Bonchev–Trinajstić information content (AvgIpc) is 2.70. The van der Waals surface area contributed by atoms with Gasteiger partial charge in [-0.3, -0.25) is 4.79 Å². The lowest BCUT2D eigenvalue weighted by Gasteiger charge is -2.37. The van der Waals surface area contributed by atoms with Gasteiger partial charge in [0, 0.05) is 29.8 Å². The number of nitrogens with one attached hydrogen (secondary N) is 1. The van der Waals surface area contributed by atoms with Crippen molar-refractivity contribution in [1.82, 2.24) is 4.98 Å². The molecule has 2 aromatic carbocycles. The molecule has 1 aromatic heterocycles. The van der Waals surface area contributed by atoms with Gasteiger partial charge in [0.1, 0.15) is 18.0 Å². The predicted molar refractivity (Wildman–Crippen MR) is 109 cm³/mol. The van der Waals surface area contributed by atoms with Gasteiger partial charge in [0.2, 0.25) is 0 Å². The Morgan fingerprint density at radius 2 is 1.68 bits per heavy atom. The molecule has 4 rings (SSSR count). The molecule has 0 aliphatic carbocycles. The number of sulfonamides is 1. The second-order valence-electron chi connectivity index (χ2n) is 7.53. The van der Waals surface area contributed by atoms with Crippen LogP contribution < -0.4 is 11.4 Å². The Kier molecular flexibility index (Phi) is 4.82. The number of benzene rings is 2. The first-order chi connectivity index (χ1) is 13.4. The molecule has 0 saturated carbocycles. The lowest BCUT2D eigenvalue weighted by molar-refractivity contribution is -0.825. The Hall–Kier alpha value is -2.48. The summed E-state index contributed by atoms with van der Waals surface area (Å²) in [5.41, 5.74) is 0.959. The Bertz CT molecular complexity index is 1150. The third kappa shape index (κ3) is 3.26. The first-order valence-electron chi connectivity index (χ1n) is 9.46. The van der Waals surface area contributed by atoms with Crippen molar-refractivity contribution in [2.45, 2.75) is 24.2 Å². The molecule has 7 heteroatoms. The lowest BCUT2D eigenvalue weighted by Crippen LogP contribution is -2.61. The van der Waals surface area contributed by atoms with E-state index in [0.29, 0.717) is 29.8 Å². The van der Waals surface area contributed by atoms with E-state index < -0.39 is 14.0 Å². The smallest absolute Gasteiger partial charge is 0.329 e. The van der Waals surface area contributed by atoms with E-state index in [0.717, 1.165) is 19.3 Å². The van der Waals surface area contributed by atoms with E-state index in [1.54, 1.807) is 24.3 Å². The Morgan fingerprint density at radius 3 is 2.39 bits per heavy atom. The number of pyridine rings is 1. The third-order valence-corrected chi connectivity index (χ3v) is 7.97. The van der Waals surface area contributed by atoms with E-state index in [4.69, 9.17) is 5.84 Å². The minimum Gasteiger partial charge on any atom is -0.329 e. The zero-order valence-electron chi connectivity index (χ0n) is 15.5. The van der Waals surface area contributed by atoms with Gasteiger partial charge >= 0.3 is 10.0 Å². The number of rotatable bonds is 4. The van der Waals surface area contributed by atoms with Crippen LogP contribution in [0.2, 0.25) is 0 Å². The molecule has 3 aromatic rings. The van der Waals surface area contributed by atoms with Crippen LogP contribution in [0.5, 0.6) is 0 Å². The number of fused-ring (bicyclic) bond motifs is 1. The number of H-pyrrole nitrogens is 1. The largest absolute Gasteiger partial charge is 0.345 e. The van der Waals surface area contributed by atoms with E-state index in [2.05, 4.69) is 17.1 Å². The maximum Gasteiger partial charge on any atom is 0.345 e. The van der Waals surface area contributed by atoms with Crippen molar-refractivity contribution in [3.05, 3.63) is 76.7 Å². The first-order valence-corrected chi connectivity index (χ1v) is 10.9. The van der Waals surface area contributed by atoms with Crippen molar-refractivity contribution in [3.63, 3.8) is 0 Å². The summed E-state index contributed by atoms with van der Waals surface area (Å²) in [6.07, 6.45) is 3.90. The highest BCUT2D eigenvalue weighted by molar-refractivity contribution is 7.86. The third-order valence-electron chi connectivity index (χ3n) is 5.73. The van der Waals surface area contributed by atoms with Crippen LogP contribution >= 0.6 is 0 Å². The molecule has 6 nitrogen and oxygen atoms in total. The monoisotopic (exact) mass is 398 g/mol. The Labute approximate surface area is 164 Å². The molecular weight excluding hydrogens is 374 g/mol. The molecule has 2 heterocycles. The number of aromatic nitrogens is 1. The average molecular weight is 399 g/mol. The minimum absolute atomic E-state index is 0.125. The van der Waals surface area contributed by atoms with Gasteiger partial charge in [0.05, 0.1) is 0 Å². The van der Waals surface area contributed by atoms with Crippen molar-refractivity contribution in [3.8, 4) is 0 Å². The van der Waals surface area contributed by atoms with Crippen LogP contribution in [0.4, 0.5) is 0 Å². The molecule has 1 fully saturated rings. The summed E-state index contributed by atoms with van der Waals surface area (Å²) >= 11 is 0. The van der Waals surface area contributed by atoms with Crippen LogP contribution in [0, 0.1) is 5.92 Å². The summed E-state index contributed by atoms with van der Waals surface area (Å²) in [5, 5.41) is 0.773. The van der Waals surface area contributed by atoms with Crippen molar-refractivity contribution >= 4 is 20.8 Å². The summed E-state index contributed by atoms with van der Waals surface area (Å²) < 4.78 is 26.4. The quantitative estimate of drug-likeness (QED) is 0.522. The standard InChI is InChI=1S/C21H23N3O3S/c22-24(13-10-17(11-14-24)15-16-5-2-1-3-6-16)28(26,27)20-8-4-7-19-18(20)9-12-23-21(19)25/h1-9,12,17H,10-11,13-15,22H2/p+1. The van der Waals surface area contributed by atoms with E-state index in [9.17, 15) is 13.2 Å². The molecule has 1 aliphatic rings. The fourth-order valence-corrected chi connectivity index (χ4v) is 5.85. The zero-order valence-corrected chi connectivity index (χ0v) is 16.4. The summed E-state index contributed by atoms with van der Waals surface area (Å²) in [7, 11) is -3.84. The molecule has 0 amide bonds. The fraction of sp³-hybridized carbons (Fsp3) is 0.286. The molecule has 1 saturated heterocycles. The Balaban J connectivity index is 1.61. The molecule has 146 valence electrons. The molecule has 0 spiro atoms. The highest BCUT2D eigenvalue weighted by atomic mass is 32.2. The van der Waals surface area contributed by atoms with Gasteiger partial charge in [0.25, 0.3) is 5.56 Å². The Morgan fingerprint density at radius 1 is 0.964 bits per heavy atom. The van der Waals surface area contributed by atoms with Crippen molar-refractivity contribution in [1.29, 1.82) is 0 Å². The molecule has 0 radical (unpaired) electrons. The van der Waals surface area contributed by atoms with Gasteiger partial charge in [-0.05, 0) is 36.1 Å². The maximum absolute atomic E-state index is 13.4. The first kappa shape index (κ1) is 18.9. The summed E-state index contributed by atoms with van der Waals surface area (Å²) in [6, 6.07) is 16.6. The van der Waals surface area contributed by atoms with Gasteiger partial charge in [-0.1, -0.05) is 36.4 Å². The van der Waals surface area contributed by atoms with Gasteiger partial charge < -0.3 is 4.98 Å². The zero-order chi connectivity index (χ0) is 19.8. The molecule has 0 bridgehead atoms. The number of nitrogens with two attached hydrogens (primary N) is 1.